The van der Waals surface area contributed by atoms with Crippen LogP contribution in [0.4, 0.5) is 8.78 Å². The molecule has 1 rings (SSSR count). The van der Waals surface area contributed by atoms with Crippen molar-refractivity contribution in [1.82, 2.24) is 0 Å². The van der Waals surface area contributed by atoms with E-state index >= 15 is 0 Å². The lowest BCUT2D eigenvalue weighted by atomic mass is 10.2. The summed E-state index contributed by atoms with van der Waals surface area (Å²) < 4.78 is 28.4. The van der Waals surface area contributed by atoms with Crippen LogP contribution >= 0.6 is 11.3 Å². The van der Waals surface area contributed by atoms with Crippen molar-refractivity contribution in [3.8, 4) is 0 Å². The third kappa shape index (κ3) is 3.62. The first-order valence-electron chi connectivity index (χ1n) is 4.66. The number of rotatable bonds is 5. The van der Waals surface area contributed by atoms with Crippen LogP contribution in [-0.4, -0.2) is 6.61 Å². The van der Waals surface area contributed by atoms with Crippen LogP contribution in [0.25, 0.3) is 5.57 Å². The molecular formula is C12H12F2OS. The molecule has 0 aliphatic rings. The zero-order valence-corrected chi connectivity index (χ0v) is 9.64. The highest BCUT2D eigenvalue weighted by Gasteiger charge is 2.06. The third-order valence-electron chi connectivity index (χ3n) is 1.83. The summed E-state index contributed by atoms with van der Waals surface area (Å²) in [6.07, 6.45) is 4.65. The highest BCUT2D eigenvalue weighted by atomic mass is 32.1. The van der Waals surface area contributed by atoms with Gasteiger partial charge in [-0.25, -0.2) is 0 Å². The van der Waals surface area contributed by atoms with Crippen LogP contribution in [0.3, 0.4) is 0 Å². The van der Waals surface area contributed by atoms with E-state index in [-0.39, 0.29) is 5.76 Å². The predicted molar refractivity (Wildman–Crippen MR) is 63.3 cm³/mol. The van der Waals surface area contributed by atoms with Gasteiger partial charge in [0.2, 0.25) is 0 Å². The van der Waals surface area contributed by atoms with Crippen molar-refractivity contribution in [2.75, 3.05) is 0 Å². The van der Waals surface area contributed by atoms with Gasteiger partial charge in [0.05, 0.1) is 0 Å². The number of alkyl halides is 2. The van der Waals surface area contributed by atoms with Gasteiger partial charge < -0.3 is 4.74 Å². The van der Waals surface area contributed by atoms with E-state index in [1.54, 1.807) is 19.1 Å². The fourth-order valence-electron chi connectivity index (χ4n) is 1.11. The zero-order valence-electron chi connectivity index (χ0n) is 8.82. The molecule has 0 amide bonds. The van der Waals surface area contributed by atoms with Crippen LogP contribution < -0.4 is 0 Å². The lowest BCUT2D eigenvalue weighted by Crippen LogP contribution is -1.97. The first-order chi connectivity index (χ1) is 7.67. The lowest BCUT2D eigenvalue weighted by Gasteiger charge is -2.06. The van der Waals surface area contributed by atoms with E-state index in [1.807, 2.05) is 17.5 Å². The lowest BCUT2D eigenvalue weighted by molar-refractivity contribution is -0.0920. The highest BCUT2D eigenvalue weighted by Crippen LogP contribution is 2.23. The number of ether oxygens (including phenoxy) is 1. The maximum absolute atomic E-state index is 12.1. The van der Waals surface area contributed by atoms with Gasteiger partial charge in [0.15, 0.2) is 0 Å². The van der Waals surface area contributed by atoms with Crippen LogP contribution in [0.5, 0.6) is 0 Å². The van der Waals surface area contributed by atoms with Gasteiger partial charge in [-0.15, -0.1) is 11.3 Å². The Morgan fingerprint density at radius 3 is 2.75 bits per heavy atom. The SMILES string of the molecule is C=C/C(=C\C(=C/C)OC(F)F)c1cccs1. The molecule has 0 radical (unpaired) electrons. The molecule has 0 atom stereocenters. The average molecular weight is 242 g/mol. The van der Waals surface area contributed by atoms with E-state index in [0.29, 0.717) is 0 Å². The molecule has 0 aromatic carbocycles. The van der Waals surface area contributed by atoms with Crippen LogP contribution in [-0.2, 0) is 4.74 Å². The van der Waals surface area contributed by atoms with Crippen molar-refractivity contribution < 1.29 is 13.5 Å². The van der Waals surface area contributed by atoms with Crippen molar-refractivity contribution in [3.05, 3.63) is 53.0 Å². The van der Waals surface area contributed by atoms with Crippen molar-refractivity contribution >= 4 is 16.9 Å². The van der Waals surface area contributed by atoms with Crippen LogP contribution in [0, 0.1) is 0 Å². The topological polar surface area (TPSA) is 9.23 Å². The van der Waals surface area contributed by atoms with Crippen LogP contribution in [0.1, 0.15) is 11.8 Å². The zero-order chi connectivity index (χ0) is 12.0. The normalized spacial score (nSPS) is 13.0. The Balaban J connectivity index is 2.91. The molecule has 1 aromatic rings. The minimum absolute atomic E-state index is 0.137. The molecule has 1 nitrogen and oxygen atoms in total. The molecule has 86 valence electrons. The molecule has 1 heterocycles. The summed E-state index contributed by atoms with van der Waals surface area (Å²) in [4.78, 5) is 0.965. The molecule has 0 spiro atoms. The van der Waals surface area contributed by atoms with Gasteiger partial charge in [-0.05, 0) is 36.1 Å². The number of halogens is 2. The van der Waals surface area contributed by atoms with E-state index < -0.39 is 6.61 Å². The van der Waals surface area contributed by atoms with Gasteiger partial charge >= 0.3 is 6.61 Å². The summed E-state index contributed by atoms with van der Waals surface area (Å²) in [6.45, 7) is 2.49. The summed E-state index contributed by atoms with van der Waals surface area (Å²) in [5.41, 5.74) is 0.767. The second-order valence-corrected chi connectivity index (χ2v) is 3.80. The van der Waals surface area contributed by atoms with Crippen LogP contribution in [0.2, 0.25) is 0 Å². The first kappa shape index (κ1) is 12.6. The molecule has 0 saturated carbocycles. The van der Waals surface area contributed by atoms with Gasteiger partial charge in [-0.1, -0.05) is 18.7 Å². The Morgan fingerprint density at radius 1 is 1.56 bits per heavy atom. The maximum Gasteiger partial charge on any atom is 0.387 e. The number of thiophene rings is 1. The summed E-state index contributed by atoms with van der Waals surface area (Å²) >= 11 is 1.52. The van der Waals surface area contributed by atoms with E-state index in [2.05, 4.69) is 11.3 Å². The molecule has 16 heavy (non-hydrogen) atoms. The van der Waals surface area contributed by atoms with E-state index in [9.17, 15) is 8.78 Å². The standard InChI is InChI=1S/C12H12F2OS/c1-3-9(11-6-5-7-16-11)8-10(4-2)15-12(13)14/h3-8,12H,1H2,2H3/b9-8+,10-4+. The molecular weight excluding hydrogens is 230 g/mol. The molecule has 0 saturated heterocycles. The van der Waals surface area contributed by atoms with E-state index in [0.717, 1.165) is 10.5 Å². The van der Waals surface area contributed by atoms with Crippen molar-refractivity contribution in [2.24, 2.45) is 0 Å². The van der Waals surface area contributed by atoms with Gasteiger partial charge in [0.1, 0.15) is 5.76 Å². The van der Waals surface area contributed by atoms with Gasteiger partial charge in [-0.3, -0.25) is 0 Å². The molecule has 0 N–H and O–H groups in total. The third-order valence-corrected chi connectivity index (χ3v) is 2.75. The number of hydrogen-bond acceptors (Lipinski definition) is 2. The molecule has 1 aromatic heterocycles. The molecule has 0 bridgehead atoms. The molecule has 0 fully saturated rings. The Labute approximate surface area is 97.4 Å². The minimum Gasteiger partial charge on any atom is -0.435 e. The molecule has 0 unspecified atom stereocenters. The summed E-state index contributed by atoms with van der Waals surface area (Å²) in [6, 6.07) is 3.79. The fourth-order valence-corrected chi connectivity index (χ4v) is 1.85. The molecule has 0 aliphatic carbocycles. The highest BCUT2D eigenvalue weighted by molar-refractivity contribution is 7.11. The average Bonchev–Trinajstić information content (AvgIpc) is 2.76. The summed E-state index contributed by atoms with van der Waals surface area (Å²) in [5.74, 6) is 0.137. The first-order valence-corrected chi connectivity index (χ1v) is 5.54. The Bertz CT molecular complexity index is 391. The molecule has 0 aliphatic heterocycles. The monoisotopic (exact) mass is 242 g/mol. The minimum atomic E-state index is -2.81. The predicted octanol–water partition coefficient (Wildman–Crippen LogP) is 4.46. The van der Waals surface area contributed by atoms with E-state index in [1.165, 1.54) is 17.4 Å². The van der Waals surface area contributed by atoms with Crippen LogP contribution in [0.15, 0.2) is 48.1 Å². The van der Waals surface area contributed by atoms with Gasteiger partial charge in [-0.2, -0.15) is 8.78 Å². The van der Waals surface area contributed by atoms with E-state index in [4.69, 9.17) is 0 Å². The second-order valence-electron chi connectivity index (χ2n) is 2.85. The van der Waals surface area contributed by atoms with Gasteiger partial charge in [0.25, 0.3) is 0 Å². The van der Waals surface area contributed by atoms with Crippen molar-refractivity contribution in [3.63, 3.8) is 0 Å². The maximum atomic E-state index is 12.1. The van der Waals surface area contributed by atoms with Crippen molar-refractivity contribution in [2.45, 2.75) is 13.5 Å². The Kier molecular flexibility index (Phi) is 4.92. The smallest absolute Gasteiger partial charge is 0.387 e. The fraction of sp³-hybridized carbons (Fsp3) is 0.167. The summed E-state index contributed by atoms with van der Waals surface area (Å²) in [5, 5.41) is 1.91. The number of allylic oxidation sites excluding steroid dienone is 4. The largest absolute Gasteiger partial charge is 0.435 e. The van der Waals surface area contributed by atoms with Crippen molar-refractivity contribution in [1.29, 1.82) is 0 Å². The summed E-state index contributed by atoms with van der Waals surface area (Å²) in [7, 11) is 0. The number of hydrogen-bond donors (Lipinski definition) is 0. The Hall–Kier alpha value is -1.42. The van der Waals surface area contributed by atoms with Gasteiger partial charge in [0, 0.05) is 4.88 Å². The second kappa shape index (κ2) is 6.23. The molecule has 4 heteroatoms. The Morgan fingerprint density at radius 2 is 2.31 bits per heavy atom. The quantitative estimate of drug-likeness (QED) is 0.547.